The fourth-order valence-electron chi connectivity index (χ4n) is 8.20. The third-order valence-corrected chi connectivity index (χ3v) is 10.4. The molecule has 1 aliphatic rings. The molecule has 3 heterocycles. The molecular formula is C47H31N3. The Morgan fingerprint density at radius 2 is 1.08 bits per heavy atom. The second-order valence-corrected chi connectivity index (χ2v) is 13.0. The van der Waals surface area contributed by atoms with E-state index in [-0.39, 0.29) is 0 Å². The topological polar surface area (TPSA) is 30.2 Å². The Hall–Kier alpha value is -6.58. The van der Waals surface area contributed by atoms with Crippen LogP contribution in [0.25, 0.3) is 49.4 Å². The van der Waals surface area contributed by atoms with E-state index in [9.17, 15) is 0 Å². The molecule has 1 aliphatic heterocycles. The fourth-order valence-corrected chi connectivity index (χ4v) is 8.20. The summed E-state index contributed by atoms with van der Waals surface area (Å²) in [5.41, 5.74) is 11.9. The number of hydrogen-bond acceptors (Lipinski definition) is 2. The highest BCUT2D eigenvalue weighted by Gasteiger charge is 2.48. The molecule has 0 spiro atoms. The van der Waals surface area contributed by atoms with Crippen molar-refractivity contribution >= 4 is 44.0 Å². The molecule has 3 nitrogen and oxygen atoms in total. The highest BCUT2D eigenvalue weighted by Crippen LogP contribution is 2.54. The Balaban J connectivity index is 1.24. The number of hydrogen-bond donors (Lipinski definition) is 0. The van der Waals surface area contributed by atoms with Gasteiger partial charge in [0.1, 0.15) is 0 Å². The van der Waals surface area contributed by atoms with Crippen molar-refractivity contribution in [3.8, 4) is 16.8 Å². The van der Waals surface area contributed by atoms with Gasteiger partial charge >= 0.3 is 0 Å². The van der Waals surface area contributed by atoms with Crippen molar-refractivity contribution < 1.29 is 0 Å². The van der Waals surface area contributed by atoms with Crippen molar-refractivity contribution in [2.75, 3.05) is 0 Å². The number of nitrogens with zero attached hydrogens (tertiary/aromatic N) is 3. The van der Waals surface area contributed by atoms with Gasteiger partial charge in [0.05, 0.1) is 27.8 Å². The van der Waals surface area contributed by atoms with Gasteiger partial charge in [-0.2, -0.15) is 0 Å². The summed E-state index contributed by atoms with van der Waals surface area (Å²) in [5, 5.41) is 4.70. The van der Waals surface area contributed by atoms with Crippen LogP contribution in [0.3, 0.4) is 0 Å². The Labute approximate surface area is 290 Å². The van der Waals surface area contributed by atoms with Crippen LogP contribution < -0.4 is 0 Å². The molecule has 50 heavy (non-hydrogen) atoms. The van der Waals surface area contributed by atoms with E-state index in [1.807, 2.05) is 12.4 Å². The lowest BCUT2D eigenvalue weighted by atomic mass is 9.65. The minimum atomic E-state index is -0.593. The molecule has 0 fully saturated rings. The molecule has 9 aromatic rings. The first-order valence-corrected chi connectivity index (χ1v) is 17.1. The van der Waals surface area contributed by atoms with Crippen LogP contribution in [0.2, 0.25) is 0 Å². The number of aromatic nitrogens is 2. The zero-order valence-corrected chi connectivity index (χ0v) is 27.2. The first-order chi connectivity index (χ1) is 24.8. The largest absolute Gasteiger partial charge is 0.309 e. The quantitative estimate of drug-likeness (QED) is 0.185. The Morgan fingerprint density at radius 3 is 1.80 bits per heavy atom. The lowest BCUT2D eigenvalue weighted by Crippen LogP contribution is -2.36. The minimum Gasteiger partial charge on any atom is -0.309 e. The summed E-state index contributed by atoms with van der Waals surface area (Å²) in [7, 11) is 0. The number of benzene rings is 7. The average Bonchev–Trinajstić information content (AvgIpc) is 3.73. The number of rotatable bonds is 5. The van der Waals surface area contributed by atoms with Gasteiger partial charge in [-0.05, 0) is 57.5 Å². The van der Waals surface area contributed by atoms with E-state index in [2.05, 4.69) is 185 Å². The molecular weight excluding hydrogens is 607 g/mol. The summed E-state index contributed by atoms with van der Waals surface area (Å²) in [6.07, 6.45) is 3.90. The monoisotopic (exact) mass is 637 g/mol. The summed E-state index contributed by atoms with van der Waals surface area (Å²) in [6.45, 7) is 0. The van der Waals surface area contributed by atoms with Crippen LogP contribution >= 0.6 is 0 Å². The molecule has 10 rings (SSSR count). The third kappa shape index (κ3) is 4.10. The van der Waals surface area contributed by atoms with Gasteiger partial charge in [-0.3, -0.25) is 9.98 Å². The van der Waals surface area contributed by atoms with Crippen LogP contribution in [0.1, 0.15) is 22.3 Å². The maximum Gasteiger partial charge on any atom is 0.0901 e. The van der Waals surface area contributed by atoms with Gasteiger partial charge in [0, 0.05) is 39.8 Å². The van der Waals surface area contributed by atoms with Crippen molar-refractivity contribution in [1.82, 2.24) is 9.55 Å². The van der Waals surface area contributed by atoms with Crippen molar-refractivity contribution in [3.05, 3.63) is 211 Å². The van der Waals surface area contributed by atoms with E-state index in [1.54, 1.807) is 0 Å². The van der Waals surface area contributed by atoms with Crippen LogP contribution in [0.15, 0.2) is 193 Å². The van der Waals surface area contributed by atoms with Crippen LogP contribution in [0.4, 0.5) is 5.69 Å². The van der Waals surface area contributed by atoms with E-state index >= 15 is 0 Å². The maximum absolute atomic E-state index is 5.69. The summed E-state index contributed by atoms with van der Waals surface area (Å²) in [6, 6.07) is 63.1. The second kappa shape index (κ2) is 11.3. The highest BCUT2D eigenvalue weighted by molar-refractivity contribution is 6.23. The predicted octanol–water partition coefficient (Wildman–Crippen LogP) is 11.5. The smallest absolute Gasteiger partial charge is 0.0901 e. The molecule has 0 atom stereocenters. The Bertz CT molecular complexity index is 2680. The number of pyridine rings is 1. The first-order valence-electron chi connectivity index (χ1n) is 17.1. The van der Waals surface area contributed by atoms with E-state index in [0.29, 0.717) is 0 Å². The molecule has 0 saturated carbocycles. The van der Waals surface area contributed by atoms with Gasteiger partial charge < -0.3 is 4.57 Å². The molecule has 234 valence electrons. The Morgan fingerprint density at radius 1 is 0.460 bits per heavy atom. The van der Waals surface area contributed by atoms with Gasteiger partial charge in [-0.1, -0.05) is 152 Å². The Kier molecular flexibility index (Phi) is 6.40. The maximum atomic E-state index is 5.69. The van der Waals surface area contributed by atoms with Gasteiger partial charge in [0.15, 0.2) is 0 Å². The molecule has 0 bridgehead atoms. The molecule has 2 aromatic heterocycles. The summed E-state index contributed by atoms with van der Waals surface area (Å²) in [4.78, 5) is 10.2. The molecule has 3 heteroatoms. The van der Waals surface area contributed by atoms with Crippen molar-refractivity contribution in [3.63, 3.8) is 0 Å². The van der Waals surface area contributed by atoms with Gasteiger partial charge in [0.2, 0.25) is 0 Å². The van der Waals surface area contributed by atoms with Crippen molar-refractivity contribution in [2.45, 2.75) is 5.41 Å². The van der Waals surface area contributed by atoms with Gasteiger partial charge in [-0.15, -0.1) is 0 Å². The van der Waals surface area contributed by atoms with E-state index < -0.39 is 5.41 Å². The standard InChI is InChI=1S/C47H31N3/c1-4-14-33(15-5-1)46-47(35-17-6-2-7-18-35,36-19-8-3-9-20-36)41-28-29-43-44(45(41)49-46)39-22-12-13-23-42(39)50(43)37-26-24-32(25-27-37)40-31-48-30-34-16-10-11-21-38(34)40/h1-31H. The summed E-state index contributed by atoms with van der Waals surface area (Å²) >= 11 is 0. The van der Waals surface area contributed by atoms with Crippen LogP contribution in [0.5, 0.6) is 0 Å². The first kappa shape index (κ1) is 28.4. The van der Waals surface area contributed by atoms with Gasteiger partial charge in [0.25, 0.3) is 0 Å². The number of fused-ring (bicyclic) bond motifs is 6. The van der Waals surface area contributed by atoms with Crippen LogP contribution in [-0.4, -0.2) is 15.3 Å². The predicted molar refractivity (Wildman–Crippen MR) is 207 cm³/mol. The van der Waals surface area contributed by atoms with E-state index in [0.717, 1.165) is 50.2 Å². The molecule has 0 radical (unpaired) electrons. The molecule has 0 aliphatic carbocycles. The molecule has 0 N–H and O–H groups in total. The SMILES string of the molecule is c1ccc(C2=Nc3c(ccc4c3c3ccccc3n4-c3ccc(-c4cncc5ccccc45)cc3)C2(c2ccccc2)c2ccccc2)cc1. The lowest BCUT2D eigenvalue weighted by Gasteiger charge is -2.34. The van der Waals surface area contributed by atoms with E-state index in [4.69, 9.17) is 4.99 Å². The fraction of sp³-hybridized carbons (Fsp3) is 0.0213. The second-order valence-electron chi connectivity index (χ2n) is 13.0. The molecule has 0 unspecified atom stereocenters. The highest BCUT2D eigenvalue weighted by atomic mass is 15.0. The zero-order valence-electron chi connectivity index (χ0n) is 27.2. The average molecular weight is 638 g/mol. The third-order valence-electron chi connectivity index (χ3n) is 10.4. The number of para-hydroxylation sites is 1. The zero-order chi connectivity index (χ0) is 33.1. The summed E-state index contributed by atoms with van der Waals surface area (Å²) in [5.74, 6) is 0. The van der Waals surface area contributed by atoms with Crippen LogP contribution in [-0.2, 0) is 5.41 Å². The summed E-state index contributed by atoms with van der Waals surface area (Å²) < 4.78 is 2.39. The minimum absolute atomic E-state index is 0.593. The van der Waals surface area contributed by atoms with E-state index in [1.165, 1.54) is 32.8 Å². The van der Waals surface area contributed by atoms with Crippen LogP contribution in [0, 0.1) is 0 Å². The van der Waals surface area contributed by atoms with Crippen molar-refractivity contribution in [1.29, 1.82) is 0 Å². The molecule has 7 aromatic carbocycles. The normalized spacial score (nSPS) is 13.5. The van der Waals surface area contributed by atoms with Gasteiger partial charge in [-0.25, -0.2) is 0 Å². The molecule has 0 amide bonds. The lowest BCUT2D eigenvalue weighted by molar-refractivity contribution is 0.852. The molecule has 0 saturated heterocycles. The van der Waals surface area contributed by atoms with Crippen molar-refractivity contribution in [2.24, 2.45) is 4.99 Å². The number of aliphatic imine (C=N–C) groups is 1.